The molecule has 112 valence electrons. The van der Waals surface area contributed by atoms with Crippen LogP contribution in [-0.4, -0.2) is 62.7 Å². The average Bonchev–Trinajstić information content (AvgIpc) is 2.62. The molecule has 2 aromatic heterocycles. The Hall–Kier alpha value is -2.83. The summed E-state index contributed by atoms with van der Waals surface area (Å²) in [7, 11) is 0. The van der Waals surface area contributed by atoms with Crippen LogP contribution in [0.15, 0.2) is 43.0 Å². The summed E-state index contributed by atoms with van der Waals surface area (Å²) in [6.07, 6.45) is 6.07. The lowest BCUT2D eigenvalue weighted by Crippen LogP contribution is -2.50. The fraction of sp³-hybridized carbons (Fsp3) is 0.267. The number of rotatable bonds is 2. The Balaban J connectivity index is 1.61. The van der Waals surface area contributed by atoms with Gasteiger partial charge in [0.25, 0.3) is 11.8 Å². The van der Waals surface area contributed by atoms with Gasteiger partial charge in [0.2, 0.25) is 0 Å². The Morgan fingerprint density at radius 2 is 1.45 bits per heavy atom. The second-order valence-electron chi connectivity index (χ2n) is 4.89. The third kappa shape index (κ3) is 2.93. The molecule has 3 rings (SSSR count). The first-order valence-corrected chi connectivity index (χ1v) is 7.01. The van der Waals surface area contributed by atoms with Gasteiger partial charge in [-0.3, -0.25) is 19.6 Å². The van der Waals surface area contributed by atoms with Crippen molar-refractivity contribution in [3.8, 4) is 0 Å². The molecule has 22 heavy (non-hydrogen) atoms. The summed E-state index contributed by atoms with van der Waals surface area (Å²) >= 11 is 0. The molecule has 0 radical (unpaired) electrons. The van der Waals surface area contributed by atoms with Gasteiger partial charge in [-0.2, -0.15) is 0 Å². The molecule has 0 atom stereocenters. The van der Waals surface area contributed by atoms with Crippen LogP contribution in [-0.2, 0) is 0 Å². The zero-order valence-corrected chi connectivity index (χ0v) is 11.9. The first kappa shape index (κ1) is 14.1. The lowest BCUT2D eigenvalue weighted by atomic mass is 10.2. The minimum Gasteiger partial charge on any atom is -0.334 e. The Morgan fingerprint density at radius 1 is 0.818 bits per heavy atom. The molecule has 2 aromatic rings. The van der Waals surface area contributed by atoms with Crippen molar-refractivity contribution in [2.24, 2.45) is 0 Å². The average molecular weight is 297 g/mol. The Morgan fingerprint density at radius 3 is 2.00 bits per heavy atom. The van der Waals surface area contributed by atoms with Crippen LogP contribution in [0.2, 0.25) is 0 Å². The minimum atomic E-state index is -0.155. The van der Waals surface area contributed by atoms with Crippen LogP contribution in [0.1, 0.15) is 21.0 Å². The first-order chi connectivity index (χ1) is 10.8. The zero-order chi connectivity index (χ0) is 15.4. The fourth-order valence-electron chi connectivity index (χ4n) is 2.34. The predicted molar refractivity (Wildman–Crippen MR) is 78.1 cm³/mol. The van der Waals surface area contributed by atoms with Crippen molar-refractivity contribution in [2.75, 3.05) is 26.2 Å². The second-order valence-corrected chi connectivity index (χ2v) is 4.89. The highest BCUT2D eigenvalue weighted by Crippen LogP contribution is 2.09. The van der Waals surface area contributed by atoms with Gasteiger partial charge < -0.3 is 9.80 Å². The van der Waals surface area contributed by atoms with E-state index in [1.165, 1.54) is 18.6 Å². The molecule has 1 fully saturated rings. The lowest BCUT2D eigenvalue weighted by molar-refractivity contribution is 0.0529. The van der Waals surface area contributed by atoms with E-state index in [0.717, 1.165) is 0 Å². The highest BCUT2D eigenvalue weighted by atomic mass is 16.2. The van der Waals surface area contributed by atoms with E-state index < -0.39 is 0 Å². The van der Waals surface area contributed by atoms with Gasteiger partial charge in [-0.1, -0.05) is 6.07 Å². The largest absolute Gasteiger partial charge is 0.334 e. The number of piperazine rings is 1. The molecule has 1 aliphatic rings. The third-order valence-electron chi connectivity index (χ3n) is 3.52. The van der Waals surface area contributed by atoms with Crippen LogP contribution in [0.25, 0.3) is 0 Å². The summed E-state index contributed by atoms with van der Waals surface area (Å²) in [5.74, 6) is -0.259. The second kappa shape index (κ2) is 6.30. The monoisotopic (exact) mass is 297 g/mol. The van der Waals surface area contributed by atoms with E-state index in [4.69, 9.17) is 0 Å². The van der Waals surface area contributed by atoms with Crippen LogP contribution in [0.5, 0.6) is 0 Å². The molecule has 7 heteroatoms. The van der Waals surface area contributed by atoms with Crippen LogP contribution >= 0.6 is 0 Å². The maximum absolute atomic E-state index is 12.3. The van der Waals surface area contributed by atoms with Gasteiger partial charge in [0.05, 0.1) is 6.20 Å². The summed E-state index contributed by atoms with van der Waals surface area (Å²) in [4.78, 5) is 39.9. The molecular weight excluding hydrogens is 282 g/mol. The SMILES string of the molecule is O=C(c1ccccn1)N1CCN(C(=O)c2cnccn2)CC1. The Bertz CT molecular complexity index is 595. The summed E-state index contributed by atoms with van der Waals surface area (Å²) in [5, 5.41) is 0. The molecule has 0 saturated carbocycles. The topological polar surface area (TPSA) is 79.3 Å². The molecule has 1 aliphatic heterocycles. The van der Waals surface area contributed by atoms with Gasteiger partial charge >= 0.3 is 0 Å². The van der Waals surface area contributed by atoms with Crippen LogP contribution in [0, 0.1) is 0 Å². The molecule has 0 aliphatic carbocycles. The van der Waals surface area contributed by atoms with Gasteiger partial charge in [0.1, 0.15) is 11.4 Å². The summed E-state index contributed by atoms with van der Waals surface area (Å²) in [6, 6.07) is 5.25. The van der Waals surface area contributed by atoms with Crippen molar-refractivity contribution in [2.45, 2.75) is 0 Å². The number of hydrogen-bond acceptors (Lipinski definition) is 5. The number of amides is 2. The first-order valence-electron chi connectivity index (χ1n) is 7.01. The molecule has 2 amide bonds. The summed E-state index contributed by atoms with van der Waals surface area (Å²) in [5.41, 5.74) is 0.753. The highest BCUT2D eigenvalue weighted by molar-refractivity contribution is 5.93. The van der Waals surface area contributed by atoms with Gasteiger partial charge in [0, 0.05) is 44.8 Å². The molecule has 0 unspecified atom stereocenters. The van der Waals surface area contributed by atoms with Crippen molar-refractivity contribution < 1.29 is 9.59 Å². The van der Waals surface area contributed by atoms with Gasteiger partial charge in [-0.15, -0.1) is 0 Å². The number of aromatic nitrogens is 3. The molecule has 3 heterocycles. The Kier molecular flexibility index (Phi) is 4.04. The van der Waals surface area contributed by atoms with E-state index in [-0.39, 0.29) is 11.8 Å². The van der Waals surface area contributed by atoms with Gasteiger partial charge in [-0.25, -0.2) is 4.98 Å². The normalized spacial score (nSPS) is 14.7. The van der Waals surface area contributed by atoms with Crippen molar-refractivity contribution in [3.05, 3.63) is 54.4 Å². The van der Waals surface area contributed by atoms with E-state index in [9.17, 15) is 9.59 Å². The van der Waals surface area contributed by atoms with Crippen LogP contribution in [0.4, 0.5) is 0 Å². The van der Waals surface area contributed by atoms with E-state index in [1.54, 1.807) is 34.2 Å². The smallest absolute Gasteiger partial charge is 0.274 e. The summed E-state index contributed by atoms with van der Waals surface area (Å²) < 4.78 is 0. The van der Waals surface area contributed by atoms with Gasteiger partial charge in [-0.05, 0) is 12.1 Å². The number of pyridine rings is 1. The summed E-state index contributed by atoms with van der Waals surface area (Å²) in [6.45, 7) is 1.94. The molecule has 0 N–H and O–H groups in total. The highest BCUT2D eigenvalue weighted by Gasteiger charge is 2.26. The van der Waals surface area contributed by atoms with E-state index in [2.05, 4.69) is 15.0 Å². The number of nitrogens with zero attached hydrogens (tertiary/aromatic N) is 5. The van der Waals surface area contributed by atoms with Gasteiger partial charge in [0.15, 0.2) is 0 Å². The van der Waals surface area contributed by atoms with E-state index >= 15 is 0 Å². The maximum atomic E-state index is 12.3. The van der Waals surface area contributed by atoms with E-state index in [0.29, 0.717) is 37.6 Å². The minimum absolute atomic E-state index is 0.104. The third-order valence-corrected chi connectivity index (χ3v) is 3.52. The standard InChI is InChI=1S/C15H15N5O2/c21-14(12-3-1-2-4-17-12)19-7-9-20(10-8-19)15(22)13-11-16-5-6-18-13/h1-6,11H,7-10H2. The fourth-order valence-corrected chi connectivity index (χ4v) is 2.34. The molecule has 1 saturated heterocycles. The predicted octanol–water partition coefficient (Wildman–Crippen LogP) is 0.470. The maximum Gasteiger partial charge on any atom is 0.274 e. The Labute approximate surface area is 127 Å². The van der Waals surface area contributed by atoms with E-state index in [1.807, 2.05) is 0 Å². The molecule has 0 spiro atoms. The number of hydrogen-bond donors (Lipinski definition) is 0. The zero-order valence-electron chi connectivity index (χ0n) is 11.9. The van der Waals surface area contributed by atoms with Crippen LogP contribution in [0.3, 0.4) is 0 Å². The number of carbonyl (C=O) groups is 2. The van der Waals surface area contributed by atoms with Crippen molar-refractivity contribution in [1.82, 2.24) is 24.8 Å². The van der Waals surface area contributed by atoms with Crippen molar-refractivity contribution in [1.29, 1.82) is 0 Å². The lowest BCUT2D eigenvalue weighted by Gasteiger charge is -2.34. The quantitative estimate of drug-likeness (QED) is 0.805. The van der Waals surface area contributed by atoms with Crippen molar-refractivity contribution >= 4 is 11.8 Å². The molecular formula is C15H15N5O2. The van der Waals surface area contributed by atoms with Crippen LogP contribution < -0.4 is 0 Å². The van der Waals surface area contributed by atoms with Crippen molar-refractivity contribution in [3.63, 3.8) is 0 Å². The molecule has 7 nitrogen and oxygen atoms in total. The number of carbonyl (C=O) groups excluding carboxylic acids is 2. The molecule has 0 aromatic carbocycles. The molecule has 0 bridgehead atoms.